The molecule has 0 unspecified atom stereocenters. The Hall–Kier alpha value is -3.00. The van der Waals surface area contributed by atoms with Gasteiger partial charge in [-0.2, -0.15) is 0 Å². The molecule has 29 heavy (non-hydrogen) atoms. The van der Waals surface area contributed by atoms with Gasteiger partial charge < -0.3 is 15.8 Å². The zero-order chi connectivity index (χ0) is 20.8. The summed E-state index contributed by atoms with van der Waals surface area (Å²) in [5.41, 5.74) is 7.48. The molecular formula is C21H28N5O3+. The zero-order valence-corrected chi connectivity index (χ0v) is 17.0. The predicted octanol–water partition coefficient (Wildman–Crippen LogP) is 1.67. The van der Waals surface area contributed by atoms with Gasteiger partial charge in [0.15, 0.2) is 0 Å². The number of nitrogens with one attached hydrogen (secondary N) is 1. The Balaban J connectivity index is 2.07. The maximum absolute atomic E-state index is 13.1. The number of nitrogens with two attached hydrogens (primary N) is 1. The van der Waals surface area contributed by atoms with Gasteiger partial charge in [-0.3, -0.25) is 14.0 Å². The van der Waals surface area contributed by atoms with Crippen molar-refractivity contribution in [2.24, 2.45) is 0 Å². The fraction of sp³-hybridized carbons (Fsp3) is 0.429. The van der Waals surface area contributed by atoms with E-state index in [4.69, 9.17) is 10.5 Å². The van der Waals surface area contributed by atoms with Crippen LogP contribution >= 0.6 is 0 Å². The standard InChI is InChI=1S/C21H27N5O3/c1-3-5-11-26-18(22)15(20(27)23-10-8-13-29-4-2)14-16-19(26)24-17-9-6-7-12-25(17)21(16)28/h6-7,9,12,14,22H,3-5,8,10-11,13H2,1-2H3,(H,23,27)/p+1. The average molecular weight is 398 g/mol. The minimum atomic E-state index is -0.302. The van der Waals surface area contributed by atoms with Gasteiger partial charge >= 0.3 is 0 Å². The van der Waals surface area contributed by atoms with Crippen LogP contribution in [-0.4, -0.2) is 35.1 Å². The van der Waals surface area contributed by atoms with Crippen LogP contribution in [-0.2, 0) is 11.3 Å². The van der Waals surface area contributed by atoms with Gasteiger partial charge in [0.25, 0.3) is 17.1 Å². The summed E-state index contributed by atoms with van der Waals surface area (Å²) in [6.45, 7) is 6.29. The van der Waals surface area contributed by atoms with Crippen molar-refractivity contribution in [2.75, 3.05) is 25.5 Å². The summed E-state index contributed by atoms with van der Waals surface area (Å²) < 4.78 is 8.55. The van der Waals surface area contributed by atoms with Crippen molar-refractivity contribution in [3.63, 3.8) is 0 Å². The molecule has 0 bridgehead atoms. The smallest absolute Gasteiger partial charge is 0.278 e. The topological polar surface area (TPSA) is 103 Å². The van der Waals surface area contributed by atoms with Crippen molar-refractivity contribution in [3.8, 4) is 0 Å². The third-order valence-corrected chi connectivity index (χ3v) is 4.80. The molecule has 0 fully saturated rings. The number of ether oxygens (including phenoxy) is 1. The van der Waals surface area contributed by atoms with Crippen LogP contribution in [0, 0.1) is 0 Å². The first-order valence-electron chi connectivity index (χ1n) is 10.1. The number of carbonyl (C=O) groups excluding carboxylic acids is 1. The molecular weight excluding hydrogens is 370 g/mol. The number of nitrogen functional groups attached to an aromatic ring is 1. The first kappa shape index (κ1) is 20.7. The molecule has 0 saturated carbocycles. The van der Waals surface area contributed by atoms with Gasteiger partial charge in [-0.1, -0.05) is 24.4 Å². The maximum atomic E-state index is 13.1. The lowest BCUT2D eigenvalue weighted by Gasteiger charge is -2.12. The van der Waals surface area contributed by atoms with Crippen molar-refractivity contribution in [1.29, 1.82) is 0 Å². The number of pyridine rings is 2. The minimum absolute atomic E-state index is 0.221. The van der Waals surface area contributed by atoms with Gasteiger partial charge in [0.1, 0.15) is 10.9 Å². The van der Waals surface area contributed by atoms with E-state index in [1.54, 1.807) is 29.0 Å². The highest BCUT2D eigenvalue weighted by molar-refractivity contribution is 6.00. The number of aryl methyl sites for hydroxylation is 1. The number of unbranched alkanes of at least 4 members (excludes halogenated alkanes) is 1. The van der Waals surface area contributed by atoms with E-state index in [0.717, 1.165) is 12.8 Å². The van der Waals surface area contributed by atoms with Crippen molar-refractivity contribution in [3.05, 3.63) is 46.4 Å². The summed E-state index contributed by atoms with van der Waals surface area (Å²) >= 11 is 0. The summed E-state index contributed by atoms with van der Waals surface area (Å²) in [5.74, 6) is 0.0177. The van der Waals surface area contributed by atoms with Crippen LogP contribution in [0.15, 0.2) is 35.3 Å². The summed E-state index contributed by atoms with van der Waals surface area (Å²) in [5, 5.41) is 3.24. The van der Waals surface area contributed by atoms with Gasteiger partial charge in [0.2, 0.25) is 11.5 Å². The SMILES string of the molecule is CCCC[n+]1c(N)c(C(=O)NCCCOCC)cc2c(=O)n3ccccc3nc21. The fourth-order valence-corrected chi connectivity index (χ4v) is 3.24. The van der Waals surface area contributed by atoms with Gasteiger partial charge in [-0.15, -0.1) is 0 Å². The van der Waals surface area contributed by atoms with Crippen LogP contribution in [0.25, 0.3) is 16.7 Å². The van der Waals surface area contributed by atoms with Crippen LogP contribution in [0.4, 0.5) is 5.82 Å². The van der Waals surface area contributed by atoms with Crippen molar-refractivity contribution in [1.82, 2.24) is 14.7 Å². The minimum Gasteiger partial charge on any atom is -0.382 e. The number of amides is 1. The molecule has 3 heterocycles. The number of carbonyl (C=O) groups is 1. The molecule has 3 aromatic rings. The Morgan fingerprint density at radius 1 is 1.31 bits per heavy atom. The molecule has 0 atom stereocenters. The number of hydrogen-bond acceptors (Lipinski definition) is 5. The van der Waals surface area contributed by atoms with E-state index in [1.165, 1.54) is 4.40 Å². The highest BCUT2D eigenvalue weighted by Crippen LogP contribution is 2.15. The van der Waals surface area contributed by atoms with Crippen LogP contribution in [0.2, 0.25) is 0 Å². The molecule has 0 aromatic carbocycles. The number of nitrogens with zero attached hydrogens (tertiary/aromatic N) is 3. The lowest BCUT2D eigenvalue weighted by molar-refractivity contribution is -0.659. The third kappa shape index (κ3) is 4.37. The number of fused-ring (bicyclic) bond motifs is 2. The van der Waals surface area contributed by atoms with E-state index in [9.17, 15) is 9.59 Å². The van der Waals surface area contributed by atoms with Crippen LogP contribution in [0.3, 0.4) is 0 Å². The Labute approximate surface area is 169 Å². The first-order valence-corrected chi connectivity index (χ1v) is 10.1. The monoisotopic (exact) mass is 398 g/mol. The van der Waals surface area contributed by atoms with E-state index in [-0.39, 0.29) is 11.5 Å². The number of aromatic nitrogens is 3. The Kier molecular flexibility index (Phi) is 6.77. The highest BCUT2D eigenvalue weighted by Gasteiger charge is 2.23. The van der Waals surface area contributed by atoms with E-state index in [2.05, 4.69) is 17.2 Å². The summed E-state index contributed by atoms with van der Waals surface area (Å²) in [4.78, 5) is 30.5. The Morgan fingerprint density at radius 3 is 2.90 bits per heavy atom. The van der Waals surface area contributed by atoms with Crippen LogP contribution in [0.5, 0.6) is 0 Å². The highest BCUT2D eigenvalue weighted by atomic mass is 16.5. The second kappa shape index (κ2) is 9.47. The van der Waals surface area contributed by atoms with E-state index >= 15 is 0 Å². The van der Waals surface area contributed by atoms with Gasteiger partial charge in [-0.25, -0.2) is 4.57 Å². The molecule has 1 amide bonds. The molecule has 0 radical (unpaired) electrons. The summed E-state index contributed by atoms with van der Waals surface area (Å²) in [6, 6.07) is 6.94. The molecule has 0 spiro atoms. The van der Waals surface area contributed by atoms with Crippen LogP contribution in [0.1, 0.15) is 43.5 Å². The van der Waals surface area contributed by atoms with Crippen molar-refractivity contribution < 1.29 is 14.1 Å². The summed E-state index contributed by atoms with van der Waals surface area (Å²) in [7, 11) is 0. The molecule has 8 nitrogen and oxygen atoms in total. The molecule has 0 aliphatic rings. The van der Waals surface area contributed by atoms with Crippen molar-refractivity contribution in [2.45, 2.75) is 39.7 Å². The molecule has 0 aliphatic heterocycles. The van der Waals surface area contributed by atoms with Crippen LogP contribution < -0.4 is 21.2 Å². The third-order valence-electron chi connectivity index (χ3n) is 4.80. The Morgan fingerprint density at radius 2 is 2.14 bits per heavy atom. The second-order valence-corrected chi connectivity index (χ2v) is 6.84. The predicted molar refractivity (Wildman–Crippen MR) is 112 cm³/mol. The number of rotatable bonds is 9. The molecule has 154 valence electrons. The van der Waals surface area contributed by atoms with Gasteiger partial charge in [0.05, 0.1) is 6.54 Å². The quantitative estimate of drug-likeness (QED) is 0.324. The summed E-state index contributed by atoms with van der Waals surface area (Å²) in [6.07, 6.45) is 4.19. The van der Waals surface area contributed by atoms with E-state index < -0.39 is 0 Å². The lowest BCUT2D eigenvalue weighted by atomic mass is 10.1. The molecule has 3 rings (SSSR count). The largest absolute Gasteiger partial charge is 0.382 e. The van der Waals surface area contributed by atoms with Gasteiger partial charge in [0, 0.05) is 26.0 Å². The normalized spacial score (nSPS) is 11.2. The van der Waals surface area contributed by atoms with Gasteiger partial charge in [-0.05, 0) is 38.0 Å². The van der Waals surface area contributed by atoms with E-state index in [1.807, 2.05) is 13.0 Å². The lowest BCUT2D eigenvalue weighted by Crippen LogP contribution is -2.43. The fourth-order valence-electron chi connectivity index (χ4n) is 3.24. The number of hydrogen-bond donors (Lipinski definition) is 2. The molecule has 3 N–H and O–H groups in total. The molecule has 3 aromatic heterocycles. The maximum Gasteiger partial charge on any atom is 0.278 e. The average Bonchev–Trinajstić information content (AvgIpc) is 2.73. The van der Waals surface area contributed by atoms with Crippen molar-refractivity contribution >= 4 is 28.4 Å². The zero-order valence-electron chi connectivity index (χ0n) is 17.0. The molecule has 0 saturated heterocycles. The Bertz CT molecular complexity index is 1080. The van der Waals surface area contributed by atoms with E-state index in [0.29, 0.717) is 60.8 Å². The first-order chi connectivity index (χ1) is 14.1. The molecule has 8 heteroatoms. The second-order valence-electron chi connectivity index (χ2n) is 6.84. The molecule has 0 aliphatic carbocycles. The number of anilines is 1.